The first-order chi connectivity index (χ1) is 11.0. The Balaban J connectivity index is 2.16. The van der Waals surface area contributed by atoms with Crippen LogP contribution in [0.25, 0.3) is 0 Å². The van der Waals surface area contributed by atoms with Gasteiger partial charge in [0, 0.05) is 25.9 Å². The fourth-order valence-electron chi connectivity index (χ4n) is 2.42. The summed E-state index contributed by atoms with van der Waals surface area (Å²) in [5.74, 6) is -0.739. The first-order valence-corrected chi connectivity index (χ1v) is 7.59. The number of likely N-dealkylation sites (N-methyl/N-ethyl adjacent to an activating group) is 1. The van der Waals surface area contributed by atoms with Crippen molar-refractivity contribution in [2.45, 2.75) is 12.3 Å². The molecule has 0 aliphatic heterocycles. The van der Waals surface area contributed by atoms with Gasteiger partial charge in [0.1, 0.15) is 12.1 Å². The highest BCUT2D eigenvalue weighted by Gasteiger charge is 2.20. The molecule has 0 aliphatic carbocycles. The fraction of sp³-hybridized carbons (Fsp3) is 0.222. The van der Waals surface area contributed by atoms with Crippen LogP contribution in [0, 0.1) is 5.82 Å². The number of aldehydes is 1. The van der Waals surface area contributed by atoms with Crippen molar-refractivity contribution in [2.75, 3.05) is 13.6 Å². The Hall–Kier alpha value is -2.20. The zero-order valence-electron chi connectivity index (χ0n) is 12.7. The fourth-order valence-corrected chi connectivity index (χ4v) is 2.64. The number of nitrogens with zero attached hydrogens (tertiary/aromatic N) is 1. The molecule has 0 fully saturated rings. The van der Waals surface area contributed by atoms with Crippen molar-refractivity contribution in [3.8, 4) is 0 Å². The van der Waals surface area contributed by atoms with Gasteiger partial charge in [0.2, 0.25) is 0 Å². The van der Waals surface area contributed by atoms with Gasteiger partial charge in [-0.05, 0) is 29.8 Å². The highest BCUT2D eigenvalue weighted by molar-refractivity contribution is 6.33. The van der Waals surface area contributed by atoms with E-state index >= 15 is 0 Å². The molecule has 2 aromatic carbocycles. The van der Waals surface area contributed by atoms with Crippen molar-refractivity contribution in [1.82, 2.24) is 4.90 Å². The maximum atomic E-state index is 13.0. The molecule has 0 saturated heterocycles. The largest absolute Gasteiger partial charge is 0.341 e. The Morgan fingerprint density at radius 1 is 1.22 bits per heavy atom. The molecule has 2 rings (SSSR count). The Morgan fingerprint density at radius 3 is 2.48 bits per heavy atom. The lowest BCUT2D eigenvalue weighted by atomic mass is 9.95. The van der Waals surface area contributed by atoms with Crippen LogP contribution >= 0.6 is 11.6 Å². The van der Waals surface area contributed by atoms with Crippen LogP contribution in [0.5, 0.6) is 0 Å². The number of halogens is 2. The summed E-state index contributed by atoms with van der Waals surface area (Å²) in [4.78, 5) is 24.9. The molecule has 2 aromatic rings. The van der Waals surface area contributed by atoms with E-state index in [1.54, 1.807) is 43.4 Å². The minimum Gasteiger partial charge on any atom is -0.341 e. The van der Waals surface area contributed by atoms with Crippen LogP contribution in [-0.4, -0.2) is 30.7 Å². The van der Waals surface area contributed by atoms with Gasteiger partial charge in [0.15, 0.2) is 0 Å². The Labute approximate surface area is 139 Å². The van der Waals surface area contributed by atoms with Crippen LogP contribution in [-0.2, 0) is 4.79 Å². The van der Waals surface area contributed by atoms with Gasteiger partial charge in [-0.2, -0.15) is 0 Å². The smallest absolute Gasteiger partial charge is 0.255 e. The second-order valence-electron chi connectivity index (χ2n) is 5.32. The molecule has 0 bridgehead atoms. The number of hydrogen-bond acceptors (Lipinski definition) is 2. The standard InChI is InChI=1S/C18H17ClFNO2/c1-21(18(23)16-4-2-3-5-17(16)19)12-14(10-11-22)13-6-8-15(20)9-7-13/h2-9,11,14H,10,12H2,1H3/t14-/m1/s1. The lowest BCUT2D eigenvalue weighted by Gasteiger charge is -2.24. The lowest BCUT2D eigenvalue weighted by molar-refractivity contribution is -0.108. The van der Waals surface area contributed by atoms with E-state index in [1.807, 2.05) is 0 Å². The average molecular weight is 334 g/mol. The molecule has 0 heterocycles. The molecule has 0 N–H and O–H groups in total. The van der Waals surface area contributed by atoms with E-state index in [1.165, 1.54) is 17.0 Å². The molecule has 120 valence electrons. The predicted octanol–water partition coefficient (Wildman–Crippen LogP) is 3.92. The molecule has 0 saturated carbocycles. The van der Waals surface area contributed by atoms with Crippen LogP contribution in [0.2, 0.25) is 5.02 Å². The van der Waals surface area contributed by atoms with Crippen LogP contribution in [0.15, 0.2) is 48.5 Å². The molecule has 3 nitrogen and oxygen atoms in total. The zero-order chi connectivity index (χ0) is 16.8. The van der Waals surface area contributed by atoms with Crippen molar-refractivity contribution >= 4 is 23.8 Å². The van der Waals surface area contributed by atoms with Crippen molar-refractivity contribution in [3.05, 3.63) is 70.5 Å². The van der Waals surface area contributed by atoms with Crippen LogP contribution < -0.4 is 0 Å². The van der Waals surface area contributed by atoms with Gasteiger partial charge in [-0.1, -0.05) is 35.9 Å². The highest BCUT2D eigenvalue weighted by Crippen LogP contribution is 2.22. The average Bonchev–Trinajstić information content (AvgIpc) is 2.55. The number of benzene rings is 2. The van der Waals surface area contributed by atoms with E-state index < -0.39 is 0 Å². The van der Waals surface area contributed by atoms with E-state index in [9.17, 15) is 14.0 Å². The van der Waals surface area contributed by atoms with Crippen molar-refractivity contribution in [2.24, 2.45) is 0 Å². The molecule has 1 amide bonds. The van der Waals surface area contributed by atoms with Crippen LogP contribution in [0.1, 0.15) is 28.3 Å². The highest BCUT2D eigenvalue weighted by atomic mass is 35.5. The normalized spacial score (nSPS) is 11.8. The number of hydrogen-bond donors (Lipinski definition) is 0. The third-order valence-electron chi connectivity index (χ3n) is 3.67. The molecule has 23 heavy (non-hydrogen) atoms. The molecule has 5 heteroatoms. The van der Waals surface area contributed by atoms with E-state index in [0.29, 0.717) is 17.1 Å². The summed E-state index contributed by atoms with van der Waals surface area (Å²) >= 11 is 6.05. The maximum Gasteiger partial charge on any atom is 0.255 e. The van der Waals surface area contributed by atoms with E-state index in [-0.39, 0.29) is 24.1 Å². The third kappa shape index (κ3) is 4.39. The van der Waals surface area contributed by atoms with Gasteiger partial charge in [-0.25, -0.2) is 4.39 Å². The minimum absolute atomic E-state index is 0.190. The summed E-state index contributed by atoms with van der Waals surface area (Å²) in [5.41, 5.74) is 1.23. The summed E-state index contributed by atoms with van der Waals surface area (Å²) in [6.07, 6.45) is 1.06. The summed E-state index contributed by atoms with van der Waals surface area (Å²) in [6, 6.07) is 12.8. The van der Waals surface area contributed by atoms with Gasteiger partial charge in [-0.15, -0.1) is 0 Å². The predicted molar refractivity (Wildman–Crippen MR) is 88.2 cm³/mol. The SMILES string of the molecule is CN(C[C@@H](CC=O)c1ccc(F)cc1)C(=O)c1ccccc1Cl. The van der Waals surface area contributed by atoms with Crippen LogP contribution in [0.4, 0.5) is 4.39 Å². The molecule has 0 spiro atoms. The van der Waals surface area contributed by atoms with Gasteiger partial charge in [0.05, 0.1) is 10.6 Å². The second-order valence-corrected chi connectivity index (χ2v) is 5.72. The van der Waals surface area contributed by atoms with E-state index in [2.05, 4.69) is 0 Å². The van der Waals surface area contributed by atoms with Crippen molar-refractivity contribution in [3.63, 3.8) is 0 Å². The van der Waals surface area contributed by atoms with Gasteiger partial charge in [0.25, 0.3) is 5.91 Å². The Kier molecular flexibility index (Phi) is 5.88. The molecular weight excluding hydrogens is 317 g/mol. The molecule has 0 aliphatic rings. The Morgan fingerprint density at radius 2 is 1.87 bits per heavy atom. The van der Waals surface area contributed by atoms with E-state index in [4.69, 9.17) is 11.6 Å². The monoisotopic (exact) mass is 333 g/mol. The quantitative estimate of drug-likeness (QED) is 0.751. The van der Waals surface area contributed by atoms with Crippen LogP contribution in [0.3, 0.4) is 0 Å². The van der Waals surface area contributed by atoms with Crippen molar-refractivity contribution in [1.29, 1.82) is 0 Å². The molecule has 0 aromatic heterocycles. The third-order valence-corrected chi connectivity index (χ3v) is 4.00. The van der Waals surface area contributed by atoms with Gasteiger partial charge < -0.3 is 9.69 Å². The summed E-state index contributed by atoms with van der Waals surface area (Å²) < 4.78 is 13.0. The molecule has 0 radical (unpaired) electrons. The topological polar surface area (TPSA) is 37.4 Å². The molecule has 0 unspecified atom stereocenters. The summed E-state index contributed by atoms with van der Waals surface area (Å²) in [7, 11) is 1.66. The maximum absolute atomic E-state index is 13.0. The number of carbonyl (C=O) groups excluding carboxylic acids is 2. The molecular formula is C18H17ClFNO2. The number of amides is 1. The Bertz CT molecular complexity index is 688. The van der Waals surface area contributed by atoms with Gasteiger partial charge >= 0.3 is 0 Å². The van der Waals surface area contributed by atoms with Crippen molar-refractivity contribution < 1.29 is 14.0 Å². The number of rotatable bonds is 6. The second kappa shape index (κ2) is 7.88. The first-order valence-electron chi connectivity index (χ1n) is 7.22. The summed E-state index contributed by atoms with van der Waals surface area (Å²) in [5, 5.41) is 0.387. The number of carbonyl (C=O) groups is 2. The summed E-state index contributed by atoms with van der Waals surface area (Å²) in [6.45, 7) is 0.342. The lowest BCUT2D eigenvalue weighted by Crippen LogP contribution is -2.31. The van der Waals surface area contributed by atoms with E-state index in [0.717, 1.165) is 11.8 Å². The van der Waals surface area contributed by atoms with Gasteiger partial charge in [-0.3, -0.25) is 4.79 Å². The first kappa shape index (κ1) is 17.2. The molecule has 1 atom stereocenters. The minimum atomic E-state index is -0.334. The zero-order valence-corrected chi connectivity index (χ0v) is 13.5.